The Bertz CT molecular complexity index is 1140. The predicted octanol–water partition coefficient (Wildman–Crippen LogP) is 5.03. The Morgan fingerprint density at radius 1 is 1.07 bits per heavy atom. The Kier molecular flexibility index (Phi) is 5.37. The largest absolute Gasteiger partial charge is 0.478 e. The van der Waals surface area contributed by atoms with Gasteiger partial charge in [0, 0.05) is 6.07 Å². The van der Waals surface area contributed by atoms with Crippen LogP contribution < -0.4 is 9.47 Å². The number of esters is 1. The van der Waals surface area contributed by atoms with E-state index in [2.05, 4.69) is 10.2 Å². The van der Waals surface area contributed by atoms with Gasteiger partial charge in [0.25, 0.3) is 5.88 Å². The van der Waals surface area contributed by atoms with E-state index in [1.807, 2.05) is 25.1 Å². The van der Waals surface area contributed by atoms with Gasteiger partial charge in [0.05, 0.1) is 11.1 Å². The number of carboxylic acids is 1. The molecular weight excluding hydrogens is 408 g/mol. The predicted molar refractivity (Wildman–Crippen MR) is 109 cm³/mol. The van der Waals surface area contributed by atoms with Gasteiger partial charge < -0.3 is 14.6 Å². The third-order valence-electron chi connectivity index (χ3n) is 4.70. The summed E-state index contributed by atoms with van der Waals surface area (Å²) in [6, 6.07) is 12.8. The van der Waals surface area contributed by atoms with Gasteiger partial charge in [0.2, 0.25) is 0 Å². The van der Waals surface area contributed by atoms with E-state index in [1.165, 1.54) is 30.3 Å². The highest BCUT2D eigenvalue weighted by molar-refractivity contribution is 6.29. The summed E-state index contributed by atoms with van der Waals surface area (Å²) in [6.07, 6.45) is 2.18. The molecule has 1 aliphatic carbocycles. The van der Waals surface area contributed by atoms with E-state index in [4.69, 9.17) is 26.2 Å². The van der Waals surface area contributed by atoms with Crippen LogP contribution in [0.15, 0.2) is 48.5 Å². The molecule has 0 atom stereocenters. The minimum atomic E-state index is -1.14. The maximum atomic E-state index is 12.6. The van der Waals surface area contributed by atoms with Gasteiger partial charge >= 0.3 is 11.9 Å². The van der Waals surface area contributed by atoms with Crippen LogP contribution in [0.4, 0.5) is 0 Å². The molecule has 0 saturated heterocycles. The zero-order valence-electron chi connectivity index (χ0n) is 16.0. The van der Waals surface area contributed by atoms with E-state index in [-0.39, 0.29) is 27.9 Å². The van der Waals surface area contributed by atoms with Crippen molar-refractivity contribution in [2.24, 2.45) is 0 Å². The molecule has 0 bridgehead atoms. The maximum Gasteiger partial charge on any atom is 0.343 e. The first-order chi connectivity index (χ1) is 14.4. The molecule has 1 heterocycles. The minimum Gasteiger partial charge on any atom is -0.478 e. The highest BCUT2D eigenvalue weighted by atomic mass is 35.5. The third-order valence-corrected chi connectivity index (χ3v) is 4.89. The van der Waals surface area contributed by atoms with Gasteiger partial charge in [-0.25, -0.2) is 9.59 Å². The maximum absolute atomic E-state index is 12.6. The van der Waals surface area contributed by atoms with Crippen LogP contribution >= 0.6 is 11.6 Å². The molecule has 1 N–H and O–H groups in total. The highest BCUT2D eigenvalue weighted by Crippen LogP contribution is 2.46. The number of nitrogens with zero attached hydrogens (tertiary/aromatic N) is 2. The fourth-order valence-corrected chi connectivity index (χ4v) is 3.19. The molecule has 0 radical (unpaired) electrons. The van der Waals surface area contributed by atoms with Gasteiger partial charge in [-0.15, -0.1) is 10.2 Å². The second-order valence-corrected chi connectivity index (χ2v) is 7.37. The van der Waals surface area contributed by atoms with Gasteiger partial charge in [-0.05, 0) is 55.0 Å². The summed E-state index contributed by atoms with van der Waals surface area (Å²) in [6.45, 7) is 1.92. The SMILES string of the molecule is Cc1cccc(C2CC2)c1Oc1nnc(Cl)cc1OC(=O)c1cccc(C(=O)O)c1. The smallest absolute Gasteiger partial charge is 0.343 e. The Labute approximate surface area is 177 Å². The van der Waals surface area contributed by atoms with Crippen LogP contribution in [-0.4, -0.2) is 27.2 Å². The molecule has 0 amide bonds. The van der Waals surface area contributed by atoms with Gasteiger partial charge in [0.1, 0.15) is 5.75 Å². The third kappa shape index (κ3) is 4.26. The molecule has 0 spiro atoms. The van der Waals surface area contributed by atoms with Crippen molar-refractivity contribution in [2.45, 2.75) is 25.7 Å². The van der Waals surface area contributed by atoms with Crippen molar-refractivity contribution < 1.29 is 24.2 Å². The lowest BCUT2D eigenvalue weighted by molar-refractivity contribution is 0.0697. The molecule has 1 saturated carbocycles. The summed E-state index contributed by atoms with van der Waals surface area (Å²) in [5.74, 6) is -0.829. The number of aromatic nitrogens is 2. The summed E-state index contributed by atoms with van der Waals surface area (Å²) < 4.78 is 11.5. The number of carbonyl (C=O) groups is 2. The lowest BCUT2D eigenvalue weighted by Gasteiger charge is -2.15. The van der Waals surface area contributed by atoms with Crippen LogP contribution in [0.3, 0.4) is 0 Å². The van der Waals surface area contributed by atoms with Crippen LogP contribution in [0.1, 0.15) is 50.6 Å². The van der Waals surface area contributed by atoms with Crippen molar-refractivity contribution in [1.29, 1.82) is 0 Å². The number of carboxylic acid groups (broad SMARTS) is 1. The fraction of sp³-hybridized carbons (Fsp3) is 0.182. The molecule has 7 nitrogen and oxygen atoms in total. The minimum absolute atomic E-state index is 0.00154. The second kappa shape index (κ2) is 8.12. The molecule has 3 aromatic rings. The first-order valence-corrected chi connectivity index (χ1v) is 9.66. The van der Waals surface area contributed by atoms with E-state index in [0.29, 0.717) is 11.7 Å². The molecule has 1 fully saturated rings. The van der Waals surface area contributed by atoms with Gasteiger partial charge in [0.15, 0.2) is 10.9 Å². The van der Waals surface area contributed by atoms with E-state index in [9.17, 15) is 9.59 Å². The molecule has 1 aromatic heterocycles. The Morgan fingerprint density at radius 3 is 2.53 bits per heavy atom. The standard InChI is InChI=1S/C22H17ClN2O5/c1-12-4-2-7-16(13-8-9-13)19(12)30-20-17(11-18(23)24-25-20)29-22(28)15-6-3-5-14(10-15)21(26)27/h2-7,10-11,13H,8-9H2,1H3,(H,26,27). The van der Waals surface area contributed by atoms with Crippen LogP contribution in [-0.2, 0) is 0 Å². The average Bonchev–Trinajstić information content (AvgIpc) is 3.56. The van der Waals surface area contributed by atoms with E-state index in [0.717, 1.165) is 24.0 Å². The van der Waals surface area contributed by atoms with Crippen molar-refractivity contribution in [1.82, 2.24) is 10.2 Å². The molecular formula is C22H17ClN2O5. The Hall–Kier alpha value is -3.45. The number of hydrogen-bond donors (Lipinski definition) is 1. The number of ether oxygens (including phenoxy) is 2. The quantitative estimate of drug-likeness (QED) is 0.554. The number of benzene rings is 2. The van der Waals surface area contributed by atoms with E-state index < -0.39 is 11.9 Å². The monoisotopic (exact) mass is 424 g/mol. The topological polar surface area (TPSA) is 98.6 Å². The summed E-state index contributed by atoms with van der Waals surface area (Å²) in [4.78, 5) is 23.7. The summed E-state index contributed by atoms with van der Waals surface area (Å²) in [5, 5.41) is 16.9. The van der Waals surface area contributed by atoms with Crippen LogP contribution in [0.5, 0.6) is 17.4 Å². The molecule has 8 heteroatoms. The molecule has 4 rings (SSSR count). The van der Waals surface area contributed by atoms with Crippen LogP contribution in [0.2, 0.25) is 5.15 Å². The molecule has 0 unspecified atom stereocenters. The Balaban J connectivity index is 1.64. The van der Waals surface area contributed by atoms with Gasteiger partial charge in [-0.2, -0.15) is 0 Å². The van der Waals surface area contributed by atoms with Crippen molar-refractivity contribution in [2.75, 3.05) is 0 Å². The van der Waals surface area contributed by atoms with Crippen molar-refractivity contribution in [3.8, 4) is 17.4 Å². The molecule has 30 heavy (non-hydrogen) atoms. The fourth-order valence-electron chi connectivity index (χ4n) is 3.05. The number of aryl methyl sites for hydroxylation is 1. The lowest BCUT2D eigenvalue weighted by atomic mass is 10.1. The van der Waals surface area contributed by atoms with Crippen LogP contribution in [0, 0.1) is 6.92 Å². The average molecular weight is 425 g/mol. The normalized spacial score (nSPS) is 13.0. The van der Waals surface area contributed by atoms with E-state index in [1.54, 1.807) is 0 Å². The number of aromatic carboxylic acids is 1. The number of carbonyl (C=O) groups excluding carboxylic acids is 1. The molecule has 2 aromatic carbocycles. The van der Waals surface area contributed by atoms with E-state index >= 15 is 0 Å². The number of rotatable bonds is 6. The number of hydrogen-bond acceptors (Lipinski definition) is 6. The summed E-state index contributed by atoms with van der Waals surface area (Å²) in [5.41, 5.74) is 2.03. The molecule has 152 valence electrons. The van der Waals surface area contributed by atoms with Crippen LogP contribution in [0.25, 0.3) is 0 Å². The second-order valence-electron chi connectivity index (χ2n) is 6.98. The van der Waals surface area contributed by atoms with Gasteiger partial charge in [-0.1, -0.05) is 35.9 Å². The molecule has 0 aliphatic heterocycles. The van der Waals surface area contributed by atoms with Crippen molar-refractivity contribution >= 4 is 23.5 Å². The zero-order chi connectivity index (χ0) is 21.3. The number of para-hydroxylation sites is 1. The zero-order valence-corrected chi connectivity index (χ0v) is 16.7. The summed E-state index contributed by atoms with van der Waals surface area (Å²) >= 11 is 5.94. The first-order valence-electron chi connectivity index (χ1n) is 9.28. The van der Waals surface area contributed by atoms with Gasteiger partial charge in [-0.3, -0.25) is 0 Å². The number of halogens is 1. The summed E-state index contributed by atoms with van der Waals surface area (Å²) in [7, 11) is 0. The van der Waals surface area contributed by atoms with Crippen molar-refractivity contribution in [3.05, 3.63) is 75.9 Å². The Morgan fingerprint density at radius 2 is 1.80 bits per heavy atom. The first kappa shape index (κ1) is 19.8. The highest BCUT2D eigenvalue weighted by Gasteiger charge is 2.28. The van der Waals surface area contributed by atoms with Crippen molar-refractivity contribution in [3.63, 3.8) is 0 Å². The molecule has 1 aliphatic rings. The lowest BCUT2D eigenvalue weighted by Crippen LogP contribution is -2.11.